The lowest BCUT2D eigenvalue weighted by molar-refractivity contribution is 0.112. The highest BCUT2D eigenvalue weighted by Gasteiger charge is 2.09. The normalized spacial score (nSPS) is 9.57. The first-order valence-electron chi connectivity index (χ1n) is 4.15. The number of carbonyl (C=O) groups is 1. The van der Waals surface area contributed by atoms with Crippen LogP contribution in [-0.4, -0.2) is 13.4 Å². The fourth-order valence-electron chi connectivity index (χ4n) is 1.32. The van der Waals surface area contributed by atoms with Crippen LogP contribution in [0.15, 0.2) is 24.8 Å². The summed E-state index contributed by atoms with van der Waals surface area (Å²) in [6, 6.07) is 3.36. The largest absolute Gasteiger partial charge is 0.496 e. The summed E-state index contributed by atoms with van der Waals surface area (Å²) in [5.41, 5.74) is 1.34. The Kier molecular flexibility index (Phi) is 3.72. The Balaban J connectivity index is 3.30. The van der Waals surface area contributed by atoms with Gasteiger partial charge in [-0.1, -0.05) is 17.7 Å². The second-order valence-corrected chi connectivity index (χ2v) is 3.23. The second kappa shape index (κ2) is 4.82. The Labute approximate surface area is 88.1 Å². The molecule has 0 bridgehead atoms. The quantitative estimate of drug-likeness (QED) is 0.564. The van der Waals surface area contributed by atoms with E-state index in [1.54, 1.807) is 18.2 Å². The monoisotopic (exact) mass is 210 g/mol. The van der Waals surface area contributed by atoms with E-state index in [2.05, 4.69) is 6.58 Å². The number of halogens is 1. The molecule has 0 fully saturated rings. The van der Waals surface area contributed by atoms with Crippen LogP contribution in [-0.2, 0) is 6.42 Å². The maximum atomic E-state index is 10.7. The van der Waals surface area contributed by atoms with Crippen LogP contribution in [0.4, 0.5) is 0 Å². The van der Waals surface area contributed by atoms with Gasteiger partial charge in [-0.15, -0.1) is 6.58 Å². The fraction of sp³-hybridized carbons (Fsp3) is 0.182. The van der Waals surface area contributed by atoms with Gasteiger partial charge in [0, 0.05) is 10.6 Å². The number of ether oxygens (including phenoxy) is 1. The van der Waals surface area contributed by atoms with Gasteiger partial charge >= 0.3 is 0 Å². The third-order valence-electron chi connectivity index (χ3n) is 1.85. The van der Waals surface area contributed by atoms with Crippen molar-refractivity contribution in [2.45, 2.75) is 6.42 Å². The number of rotatable bonds is 4. The highest BCUT2D eigenvalue weighted by molar-refractivity contribution is 6.31. The number of allylic oxidation sites excluding steroid dienone is 1. The Bertz CT molecular complexity index is 359. The summed E-state index contributed by atoms with van der Waals surface area (Å²) in [6.45, 7) is 3.63. The molecule has 0 spiro atoms. The van der Waals surface area contributed by atoms with Crippen LogP contribution in [0.5, 0.6) is 5.75 Å². The summed E-state index contributed by atoms with van der Waals surface area (Å²) < 4.78 is 5.14. The molecular weight excluding hydrogens is 200 g/mol. The first-order chi connectivity index (χ1) is 6.72. The molecule has 0 radical (unpaired) electrons. The average molecular weight is 211 g/mol. The van der Waals surface area contributed by atoms with Crippen molar-refractivity contribution in [3.05, 3.63) is 40.9 Å². The molecule has 1 aromatic rings. The van der Waals surface area contributed by atoms with Crippen molar-refractivity contribution in [2.75, 3.05) is 7.11 Å². The van der Waals surface area contributed by atoms with Crippen molar-refractivity contribution >= 4 is 17.9 Å². The van der Waals surface area contributed by atoms with Gasteiger partial charge in [0.25, 0.3) is 0 Å². The molecule has 0 aliphatic rings. The fourth-order valence-corrected chi connectivity index (χ4v) is 1.57. The zero-order valence-corrected chi connectivity index (χ0v) is 8.67. The van der Waals surface area contributed by atoms with Crippen molar-refractivity contribution in [3.8, 4) is 5.75 Å². The van der Waals surface area contributed by atoms with E-state index >= 15 is 0 Å². The van der Waals surface area contributed by atoms with E-state index in [1.807, 2.05) is 0 Å². The molecule has 0 saturated carbocycles. The second-order valence-electron chi connectivity index (χ2n) is 2.80. The molecule has 3 heteroatoms. The van der Waals surface area contributed by atoms with Gasteiger partial charge in [-0.2, -0.15) is 0 Å². The van der Waals surface area contributed by atoms with Crippen molar-refractivity contribution in [3.63, 3.8) is 0 Å². The molecule has 0 unspecified atom stereocenters. The predicted octanol–water partition coefficient (Wildman–Crippen LogP) is 2.89. The molecule has 74 valence electrons. The molecule has 0 N–H and O–H groups in total. The number of carbonyl (C=O) groups excluding carboxylic acids is 1. The first-order valence-corrected chi connectivity index (χ1v) is 4.53. The summed E-state index contributed by atoms with van der Waals surface area (Å²) in [4.78, 5) is 10.7. The molecule has 1 aromatic carbocycles. The predicted molar refractivity (Wildman–Crippen MR) is 57.3 cm³/mol. The number of hydrogen-bond donors (Lipinski definition) is 0. The summed E-state index contributed by atoms with van der Waals surface area (Å²) >= 11 is 5.84. The van der Waals surface area contributed by atoms with Gasteiger partial charge in [0.1, 0.15) is 5.75 Å². The van der Waals surface area contributed by atoms with Crippen molar-refractivity contribution in [1.82, 2.24) is 0 Å². The minimum Gasteiger partial charge on any atom is -0.496 e. The lowest BCUT2D eigenvalue weighted by atomic mass is 10.1. The van der Waals surface area contributed by atoms with Crippen LogP contribution < -0.4 is 4.74 Å². The van der Waals surface area contributed by atoms with Gasteiger partial charge in [0.05, 0.1) is 12.7 Å². The molecule has 14 heavy (non-hydrogen) atoms. The number of benzene rings is 1. The lowest BCUT2D eigenvalue weighted by Gasteiger charge is -2.09. The summed E-state index contributed by atoms with van der Waals surface area (Å²) in [5, 5.41) is 0.532. The molecule has 0 aliphatic heterocycles. The van der Waals surface area contributed by atoms with Crippen molar-refractivity contribution in [1.29, 1.82) is 0 Å². The highest BCUT2D eigenvalue weighted by Crippen LogP contribution is 2.27. The van der Waals surface area contributed by atoms with Crippen LogP contribution in [0.25, 0.3) is 0 Å². The Morgan fingerprint density at radius 1 is 1.57 bits per heavy atom. The van der Waals surface area contributed by atoms with Crippen LogP contribution in [0.1, 0.15) is 15.9 Å². The summed E-state index contributed by atoms with van der Waals surface area (Å²) in [6.07, 6.45) is 3.10. The van der Waals surface area contributed by atoms with E-state index in [4.69, 9.17) is 16.3 Å². The van der Waals surface area contributed by atoms with Gasteiger partial charge in [0.2, 0.25) is 0 Å². The Hall–Kier alpha value is -1.28. The van der Waals surface area contributed by atoms with Crippen LogP contribution in [0.2, 0.25) is 5.02 Å². The number of aldehydes is 1. The maximum Gasteiger partial charge on any atom is 0.153 e. The molecular formula is C11H11ClO2. The number of methoxy groups -OCH3 is 1. The van der Waals surface area contributed by atoms with Crippen LogP contribution >= 0.6 is 11.6 Å². The van der Waals surface area contributed by atoms with E-state index in [9.17, 15) is 4.79 Å². The zero-order chi connectivity index (χ0) is 10.6. The summed E-state index contributed by atoms with van der Waals surface area (Å²) in [7, 11) is 1.53. The van der Waals surface area contributed by atoms with Gasteiger partial charge < -0.3 is 4.74 Å². The van der Waals surface area contributed by atoms with Crippen molar-refractivity contribution in [2.24, 2.45) is 0 Å². The smallest absolute Gasteiger partial charge is 0.153 e. The van der Waals surface area contributed by atoms with E-state index in [0.717, 1.165) is 11.8 Å². The van der Waals surface area contributed by atoms with E-state index < -0.39 is 0 Å². The lowest BCUT2D eigenvalue weighted by Crippen LogP contribution is -1.96. The van der Waals surface area contributed by atoms with E-state index in [0.29, 0.717) is 22.8 Å². The summed E-state index contributed by atoms with van der Waals surface area (Å²) in [5.74, 6) is 0.573. The highest BCUT2D eigenvalue weighted by atomic mass is 35.5. The van der Waals surface area contributed by atoms with Gasteiger partial charge in [-0.3, -0.25) is 4.79 Å². The standard InChI is InChI=1S/C11H11ClO2/c1-3-4-8-5-10(12)6-9(7-13)11(8)14-2/h3,5-7H,1,4H2,2H3. The SMILES string of the molecule is C=CCc1cc(Cl)cc(C=O)c1OC. The molecule has 0 saturated heterocycles. The minimum absolute atomic E-state index is 0.469. The molecule has 1 rings (SSSR count). The third kappa shape index (κ3) is 2.15. The van der Waals surface area contributed by atoms with Crippen LogP contribution in [0.3, 0.4) is 0 Å². The Morgan fingerprint density at radius 2 is 2.29 bits per heavy atom. The molecule has 0 aromatic heterocycles. The maximum absolute atomic E-state index is 10.7. The molecule has 0 atom stereocenters. The molecule has 0 amide bonds. The van der Waals surface area contributed by atoms with Gasteiger partial charge in [-0.05, 0) is 18.6 Å². The average Bonchev–Trinajstić information content (AvgIpc) is 2.17. The third-order valence-corrected chi connectivity index (χ3v) is 2.07. The van der Waals surface area contributed by atoms with E-state index in [-0.39, 0.29) is 0 Å². The van der Waals surface area contributed by atoms with Crippen molar-refractivity contribution < 1.29 is 9.53 Å². The number of hydrogen-bond acceptors (Lipinski definition) is 2. The Morgan fingerprint density at radius 3 is 2.79 bits per heavy atom. The van der Waals surface area contributed by atoms with E-state index in [1.165, 1.54) is 7.11 Å². The van der Waals surface area contributed by atoms with Gasteiger partial charge in [-0.25, -0.2) is 0 Å². The topological polar surface area (TPSA) is 26.3 Å². The molecule has 0 aliphatic carbocycles. The molecule has 0 heterocycles. The molecule has 2 nitrogen and oxygen atoms in total. The zero-order valence-electron chi connectivity index (χ0n) is 7.92. The van der Waals surface area contributed by atoms with Gasteiger partial charge in [0.15, 0.2) is 6.29 Å². The minimum atomic E-state index is 0.469. The first kappa shape index (κ1) is 10.8. The van der Waals surface area contributed by atoms with Crippen LogP contribution in [0, 0.1) is 0 Å².